The zero-order valence-corrected chi connectivity index (χ0v) is 18.7. The van der Waals surface area contributed by atoms with Gasteiger partial charge in [-0.15, -0.1) is 0 Å². The van der Waals surface area contributed by atoms with Crippen LogP contribution in [-0.4, -0.2) is 36.5 Å². The highest BCUT2D eigenvalue weighted by molar-refractivity contribution is 5.97. The SMILES string of the molecule is COc1ccc(NC(=O)CCCCC(C)NCCc2c[nH]c3ccc(C(N)=O)cc23)cc1. The van der Waals surface area contributed by atoms with E-state index in [1.807, 2.05) is 42.6 Å². The Morgan fingerprint density at radius 2 is 1.91 bits per heavy atom. The number of unbranched alkanes of at least 4 members (excludes halogenated alkanes) is 1. The first kappa shape index (κ1) is 23.3. The number of rotatable bonds is 12. The molecule has 3 aromatic rings. The van der Waals surface area contributed by atoms with Crippen molar-refractivity contribution in [2.24, 2.45) is 5.73 Å². The molecule has 3 rings (SSSR count). The molecule has 0 aliphatic heterocycles. The van der Waals surface area contributed by atoms with Gasteiger partial charge in [0.2, 0.25) is 11.8 Å². The first-order chi connectivity index (χ1) is 15.5. The van der Waals surface area contributed by atoms with E-state index in [1.165, 1.54) is 0 Å². The fourth-order valence-electron chi connectivity index (χ4n) is 3.73. The van der Waals surface area contributed by atoms with Crippen LogP contribution in [0.2, 0.25) is 0 Å². The van der Waals surface area contributed by atoms with Crippen molar-refractivity contribution in [3.63, 3.8) is 0 Å². The van der Waals surface area contributed by atoms with Crippen LogP contribution >= 0.6 is 0 Å². The van der Waals surface area contributed by atoms with Crippen molar-refractivity contribution in [3.8, 4) is 5.75 Å². The molecular weight excluding hydrogens is 404 g/mol. The van der Waals surface area contributed by atoms with Crippen LogP contribution in [-0.2, 0) is 11.2 Å². The molecule has 0 saturated carbocycles. The zero-order valence-electron chi connectivity index (χ0n) is 18.7. The first-order valence-electron chi connectivity index (χ1n) is 11.0. The molecule has 2 aromatic carbocycles. The number of benzene rings is 2. The smallest absolute Gasteiger partial charge is 0.248 e. The number of carbonyl (C=O) groups excluding carboxylic acids is 2. The van der Waals surface area contributed by atoms with Gasteiger partial charge in [0.05, 0.1) is 7.11 Å². The second-order valence-corrected chi connectivity index (χ2v) is 8.07. The molecular formula is C25H32N4O3. The summed E-state index contributed by atoms with van der Waals surface area (Å²) in [4.78, 5) is 26.8. The van der Waals surface area contributed by atoms with E-state index >= 15 is 0 Å². The summed E-state index contributed by atoms with van der Waals surface area (Å²) in [5.41, 5.74) is 8.88. The largest absolute Gasteiger partial charge is 0.497 e. The number of hydrogen-bond donors (Lipinski definition) is 4. The van der Waals surface area contributed by atoms with Crippen LogP contribution in [0.5, 0.6) is 5.75 Å². The van der Waals surface area contributed by atoms with Gasteiger partial charge in [-0.2, -0.15) is 0 Å². The second kappa shape index (κ2) is 11.3. The van der Waals surface area contributed by atoms with E-state index in [1.54, 1.807) is 13.2 Å². The molecule has 0 aliphatic carbocycles. The summed E-state index contributed by atoms with van der Waals surface area (Å²) >= 11 is 0. The molecule has 2 amide bonds. The Morgan fingerprint density at radius 3 is 2.62 bits per heavy atom. The van der Waals surface area contributed by atoms with Crippen molar-refractivity contribution >= 4 is 28.4 Å². The number of primary amides is 1. The molecule has 7 heteroatoms. The van der Waals surface area contributed by atoms with Gasteiger partial charge in [0, 0.05) is 40.8 Å². The molecule has 1 atom stereocenters. The number of fused-ring (bicyclic) bond motifs is 1. The Kier molecular flexibility index (Phi) is 8.27. The lowest BCUT2D eigenvalue weighted by molar-refractivity contribution is -0.116. The standard InChI is InChI=1S/C25H32N4O3/c1-17(5-3-4-6-24(30)29-20-8-10-21(32-2)11-9-20)27-14-13-19-16-28-23-12-7-18(25(26)31)15-22(19)23/h7-12,15-17,27-28H,3-6,13-14H2,1-2H3,(H2,26,31)(H,29,30). The van der Waals surface area contributed by atoms with E-state index in [0.29, 0.717) is 18.0 Å². The second-order valence-electron chi connectivity index (χ2n) is 8.07. The fourth-order valence-corrected chi connectivity index (χ4v) is 3.73. The van der Waals surface area contributed by atoms with Gasteiger partial charge >= 0.3 is 0 Å². The van der Waals surface area contributed by atoms with Crippen molar-refractivity contribution in [3.05, 3.63) is 59.8 Å². The summed E-state index contributed by atoms with van der Waals surface area (Å²) in [6.45, 7) is 3.00. The molecule has 0 bridgehead atoms. The van der Waals surface area contributed by atoms with Gasteiger partial charge in [-0.3, -0.25) is 9.59 Å². The lowest BCUT2D eigenvalue weighted by atomic mass is 10.1. The van der Waals surface area contributed by atoms with E-state index < -0.39 is 5.91 Å². The predicted molar refractivity (Wildman–Crippen MR) is 128 cm³/mol. The van der Waals surface area contributed by atoms with Crippen molar-refractivity contribution in [2.75, 3.05) is 19.0 Å². The van der Waals surface area contributed by atoms with E-state index in [9.17, 15) is 9.59 Å². The Hall–Kier alpha value is -3.32. The highest BCUT2D eigenvalue weighted by atomic mass is 16.5. The van der Waals surface area contributed by atoms with Crippen LogP contribution in [0.25, 0.3) is 10.9 Å². The third kappa shape index (κ3) is 6.59. The number of carbonyl (C=O) groups is 2. The number of ether oxygens (including phenoxy) is 1. The van der Waals surface area contributed by atoms with Crippen molar-refractivity contribution in [1.29, 1.82) is 0 Å². The van der Waals surface area contributed by atoms with Gasteiger partial charge in [-0.25, -0.2) is 0 Å². The number of aromatic nitrogens is 1. The first-order valence-corrected chi connectivity index (χ1v) is 11.0. The van der Waals surface area contributed by atoms with Crippen LogP contribution in [0.1, 0.15) is 48.5 Å². The maximum atomic E-state index is 12.1. The van der Waals surface area contributed by atoms with Crippen LogP contribution in [0.4, 0.5) is 5.69 Å². The van der Waals surface area contributed by atoms with Crippen molar-refractivity contribution in [2.45, 2.75) is 45.1 Å². The number of anilines is 1. The number of H-pyrrole nitrogens is 1. The van der Waals surface area contributed by atoms with Gasteiger partial charge in [0.15, 0.2) is 0 Å². The molecule has 0 radical (unpaired) electrons. The third-order valence-corrected chi connectivity index (χ3v) is 5.60. The lowest BCUT2D eigenvalue weighted by Crippen LogP contribution is -2.28. The summed E-state index contributed by atoms with van der Waals surface area (Å²) in [7, 11) is 1.62. The Morgan fingerprint density at radius 1 is 1.12 bits per heavy atom. The molecule has 32 heavy (non-hydrogen) atoms. The monoisotopic (exact) mass is 436 g/mol. The topological polar surface area (TPSA) is 109 Å². The molecule has 0 aliphatic rings. The van der Waals surface area contributed by atoms with E-state index in [2.05, 4.69) is 22.5 Å². The molecule has 7 nitrogen and oxygen atoms in total. The third-order valence-electron chi connectivity index (χ3n) is 5.60. The number of nitrogens with two attached hydrogens (primary N) is 1. The van der Waals surface area contributed by atoms with Crippen LogP contribution < -0.4 is 21.1 Å². The molecule has 1 unspecified atom stereocenters. The van der Waals surface area contributed by atoms with Crippen LogP contribution in [0.3, 0.4) is 0 Å². The molecule has 170 valence electrons. The van der Waals surface area contributed by atoms with Crippen molar-refractivity contribution < 1.29 is 14.3 Å². The Balaban J connectivity index is 1.33. The van der Waals surface area contributed by atoms with Crippen LogP contribution in [0, 0.1) is 0 Å². The minimum atomic E-state index is -0.413. The number of hydrogen-bond acceptors (Lipinski definition) is 4. The number of methoxy groups -OCH3 is 1. The minimum Gasteiger partial charge on any atom is -0.497 e. The molecule has 0 spiro atoms. The average molecular weight is 437 g/mol. The summed E-state index contributed by atoms with van der Waals surface area (Å²) in [6.07, 6.45) is 6.21. The molecule has 1 aromatic heterocycles. The summed E-state index contributed by atoms with van der Waals surface area (Å²) in [6, 6.07) is 13.2. The highest BCUT2D eigenvalue weighted by Gasteiger charge is 2.09. The number of aromatic amines is 1. The number of amides is 2. The average Bonchev–Trinajstić information content (AvgIpc) is 3.19. The molecule has 0 fully saturated rings. The normalized spacial score (nSPS) is 11.9. The van der Waals surface area contributed by atoms with E-state index in [4.69, 9.17) is 10.5 Å². The molecule has 1 heterocycles. The van der Waals surface area contributed by atoms with E-state index in [-0.39, 0.29) is 5.91 Å². The van der Waals surface area contributed by atoms with E-state index in [0.717, 1.165) is 60.1 Å². The summed E-state index contributed by atoms with van der Waals surface area (Å²) < 4.78 is 5.12. The van der Waals surface area contributed by atoms with Gasteiger partial charge in [0.25, 0.3) is 0 Å². The van der Waals surface area contributed by atoms with Crippen LogP contribution in [0.15, 0.2) is 48.7 Å². The summed E-state index contributed by atoms with van der Waals surface area (Å²) in [5, 5.41) is 7.50. The molecule has 0 saturated heterocycles. The minimum absolute atomic E-state index is 0.0328. The maximum absolute atomic E-state index is 12.1. The molecule has 5 N–H and O–H groups in total. The predicted octanol–water partition coefficient (Wildman–Crippen LogP) is 4.00. The highest BCUT2D eigenvalue weighted by Crippen LogP contribution is 2.20. The van der Waals surface area contributed by atoms with Crippen molar-refractivity contribution in [1.82, 2.24) is 10.3 Å². The maximum Gasteiger partial charge on any atom is 0.248 e. The number of nitrogens with one attached hydrogen (secondary N) is 3. The van der Waals surface area contributed by atoms with Gasteiger partial charge < -0.3 is 26.1 Å². The zero-order chi connectivity index (χ0) is 22.9. The van der Waals surface area contributed by atoms with Gasteiger partial charge in [-0.05, 0) is 80.8 Å². The van der Waals surface area contributed by atoms with Gasteiger partial charge in [-0.1, -0.05) is 6.42 Å². The quantitative estimate of drug-likeness (QED) is 0.322. The Labute approximate surface area is 188 Å². The summed E-state index contributed by atoms with van der Waals surface area (Å²) in [5.74, 6) is 0.388. The lowest BCUT2D eigenvalue weighted by Gasteiger charge is -2.13. The fraction of sp³-hybridized carbons (Fsp3) is 0.360. The Bertz CT molecular complexity index is 1040. The van der Waals surface area contributed by atoms with Gasteiger partial charge in [0.1, 0.15) is 5.75 Å².